The number of nitrogens with two attached hydrogens (primary N) is 1. The van der Waals surface area contributed by atoms with E-state index in [9.17, 15) is 4.39 Å². The van der Waals surface area contributed by atoms with Gasteiger partial charge in [-0.1, -0.05) is 6.92 Å². The second-order valence-corrected chi connectivity index (χ2v) is 4.74. The summed E-state index contributed by atoms with van der Waals surface area (Å²) in [6, 6.07) is 2.90. The van der Waals surface area contributed by atoms with E-state index in [4.69, 9.17) is 10.5 Å². The third kappa shape index (κ3) is 2.21. The molecule has 2 rings (SSSR count). The monoisotopic (exact) mass is 224 g/mol. The molecule has 3 nitrogen and oxygen atoms in total. The molecular weight excluding hydrogens is 207 g/mol. The SMILES string of the molecule is COc1cc(NCC2(C)CC2)c(N)cc1F. The van der Waals surface area contributed by atoms with Gasteiger partial charge in [0.2, 0.25) is 0 Å². The Bertz CT molecular complexity index is 402. The van der Waals surface area contributed by atoms with Crippen LogP contribution in [0.25, 0.3) is 0 Å². The van der Waals surface area contributed by atoms with Crippen molar-refractivity contribution in [3.8, 4) is 5.75 Å². The van der Waals surface area contributed by atoms with Crippen molar-refractivity contribution in [3.63, 3.8) is 0 Å². The van der Waals surface area contributed by atoms with Crippen molar-refractivity contribution >= 4 is 11.4 Å². The molecule has 0 aliphatic heterocycles. The van der Waals surface area contributed by atoms with E-state index in [1.807, 2.05) is 0 Å². The van der Waals surface area contributed by atoms with Gasteiger partial charge in [-0.3, -0.25) is 0 Å². The van der Waals surface area contributed by atoms with Gasteiger partial charge in [0.15, 0.2) is 11.6 Å². The first-order valence-corrected chi connectivity index (χ1v) is 5.41. The smallest absolute Gasteiger partial charge is 0.167 e. The van der Waals surface area contributed by atoms with Gasteiger partial charge >= 0.3 is 0 Å². The molecule has 0 heterocycles. The molecule has 1 aromatic carbocycles. The fraction of sp³-hybridized carbons (Fsp3) is 0.500. The second-order valence-electron chi connectivity index (χ2n) is 4.74. The van der Waals surface area contributed by atoms with Gasteiger partial charge in [0, 0.05) is 18.7 Å². The average Bonchev–Trinajstić information content (AvgIpc) is 2.96. The molecule has 1 aliphatic carbocycles. The Kier molecular flexibility index (Phi) is 2.66. The summed E-state index contributed by atoms with van der Waals surface area (Å²) in [6.07, 6.45) is 2.47. The largest absolute Gasteiger partial charge is 0.494 e. The molecule has 1 saturated carbocycles. The van der Waals surface area contributed by atoms with Crippen LogP contribution in [0.4, 0.5) is 15.8 Å². The van der Waals surface area contributed by atoms with Crippen LogP contribution in [-0.2, 0) is 0 Å². The van der Waals surface area contributed by atoms with Crippen LogP contribution in [0.15, 0.2) is 12.1 Å². The topological polar surface area (TPSA) is 47.3 Å². The third-order valence-corrected chi connectivity index (χ3v) is 3.13. The van der Waals surface area contributed by atoms with Gasteiger partial charge in [-0.15, -0.1) is 0 Å². The Morgan fingerprint density at radius 2 is 2.19 bits per heavy atom. The number of nitrogens with one attached hydrogen (secondary N) is 1. The fourth-order valence-electron chi connectivity index (χ4n) is 1.58. The van der Waals surface area contributed by atoms with Gasteiger partial charge in [0.05, 0.1) is 18.5 Å². The summed E-state index contributed by atoms with van der Waals surface area (Å²) in [6.45, 7) is 3.09. The highest BCUT2D eigenvalue weighted by atomic mass is 19.1. The van der Waals surface area contributed by atoms with E-state index >= 15 is 0 Å². The lowest BCUT2D eigenvalue weighted by molar-refractivity contribution is 0.387. The molecule has 1 aromatic rings. The summed E-state index contributed by atoms with van der Waals surface area (Å²) >= 11 is 0. The maximum absolute atomic E-state index is 13.3. The molecule has 1 fully saturated rings. The molecule has 0 radical (unpaired) electrons. The van der Waals surface area contributed by atoms with Crippen molar-refractivity contribution in [1.29, 1.82) is 0 Å². The number of nitrogen functional groups attached to an aromatic ring is 1. The number of rotatable bonds is 4. The Labute approximate surface area is 94.8 Å². The lowest BCUT2D eigenvalue weighted by atomic mass is 10.1. The van der Waals surface area contributed by atoms with Crippen molar-refractivity contribution in [2.24, 2.45) is 5.41 Å². The minimum atomic E-state index is -0.428. The lowest BCUT2D eigenvalue weighted by Gasteiger charge is -2.14. The summed E-state index contributed by atoms with van der Waals surface area (Å²) in [5.74, 6) is -0.208. The Morgan fingerprint density at radius 1 is 1.50 bits per heavy atom. The number of benzene rings is 1. The molecule has 16 heavy (non-hydrogen) atoms. The Hall–Kier alpha value is -1.45. The van der Waals surface area contributed by atoms with Gasteiger partial charge < -0.3 is 15.8 Å². The third-order valence-electron chi connectivity index (χ3n) is 3.13. The minimum Gasteiger partial charge on any atom is -0.494 e. The standard InChI is InChI=1S/C12H17FN2O/c1-12(3-4-12)7-15-10-6-11(16-2)8(13)5-9(10)14/h5-6,15H,3-4,7,14H2,1-2H3. The van der Waals surface area contributed by atoms with Crippen LogP contribution in [0, 0.1) is 11.2 Å². The number of methoxy groups -OCH3 is 1. The van der Waals surface area contributed by atoms with Crippen molar-refractivity contribution in [3.05, 3.63) is 17.9 Å². The van der Waals surface area contributed by atoms with Crippen molar-refractivity contribution in [2.75, 3.05) is 24.7 Å². The zero-order chi connectivity index (χ0) is 11.8. The molecule has 0 aromatic heterocycles. The normalized spacial score (nSPS) is 16.9. The predicted octanol–water partition coefficient (Wildman–Crippen LogP) is 2.63. The number of ether oxygens (including phenoxy) is 1. The summed E-state index contributed by atoms with van der Waals surface area (Å²) < 4.78 is 18.2. The summed E-state index contributed by atoms with van der Waals surface area (Å²) in [4.78, 5) is 0. The van der Waals surface area contributed by atoms with E-state index in [0.717, 1.165) is 12.2 Å². The highest BCUT2D eigenvalue weighted by Gasteiger charge is 2.36. The first kappa shape index (κ1) is 11.0. The predicted molar refractivity (Wildman–Crippen MR) is 63.2 cm³/mol. The van der Waals surface area contributed by atoms with Gasteiger partial charge in [-0.25, -0.2) is 4.39 Å². The van der Waals surface area contributed by atoms with Crippen LogP contribution in [-0.4, -0.2) is 13.7 Å². The number of hydrogen-bond acceptors (Lipinski definition) is 3. The van der Waals surface area contributed by atoms with Gasteiger partial charge in [-0.05, 0) is 18.3 Å². The molecule has 88 valence electrons. The summed E-state index contributed by atoms with van der Waals surface area (Å²) in [5.41, 5.74) is 7.28. The molecule has 0 spiro atoms. The first-order chi connectivity index (χ1) is 7.54. The van der Waals surface area contributed by atoms with E-state index in [-0.39, 0.29) is 5.75 Å². The molecule has 3 N–H and O–H groups in total. The highest BCUT2D eigenvalue weighted by Crippen LogP contribution is 2.45. The van der Waals surface area contributed by atoms with Crippen LogP contribution < -0.4 is 15.8 Å². The van der Waals surface area contributed by atoms with Crippen molar-refractivity contribution < 1.29 is 9.13 Å². The zero-order valence-electron chi connectivity index (χ0n) is 9.64. The molecule has 0 unspecified atom stereocenters. The number of hydrogen-bond donors (Lipinski definition) is 2. The molecule has 0 atom stereocenters. The lowest BCUT2D eigenvalue weighted by Crippen LogP contribution is -2.13. The molecular formula is C12H17FN2O. The Balaban J connectivity index is 2.13. The molecule has 0 amide bonds. The summed E-state index contributed by atoms with van der Waals surface area (Å²) in [5, 5.41) is 3.25. The van der Waals surface area contributed by atoms with Gasteiger partial charge in [-0.2, -0.15) is 0 Å². The van der Waals surface area contributed by atoms with E-state index in [1.165, 1.54) is 26.0 Å². The quantitative estimate of drug-likeness (QED) is 0.773. The number of halogens is 1. The summed E-state index contributed by atoms with van der Waals surface area (Å²) in [7, 11) is 1.45. The average molecular weight is 224 g/mol. The maximum atomic E-state index is 13.3. The molecule has 0 saturated heterocycles. The molecule has 4 heteroatoms. The van der Waals surface area contributed by atoms with Gasteiger partial charge in [0.25, 0.3) is 0 Å². The molecule has 1 aliphatic rings. The van der Waals surface area contributed by atoms with Crippen LogP contribution >= 0.6 is 0 Å². The van der Waals surface area contributed by atoms with Crippen LogP contribution in [0.2, 0.25) is 0 Å². The van der Waals surface area contributed by atoms with Crippen LogP contribution in [0.5, 0.6) is 5.75 Å². The van der Waals surface area contributed by atoms with Gasteiger partial charge in [0.1, 0.15) is 0 Å². The minimum absolute atomic E-state index is 0.220. The van der Waals surface area contributed by atoms with E-state index in [2.05, 4.69) is 12.2 Å². The highest BCUT2D eigenvalue weighted by molar-refractivity contribution is 5.68. The van der Waals surface area contributed by atoms with E-state index in [1.54, 1.807) is 6.07 Å². The van der Waals surface area contributed by atoms with E-state index < -0.39 is 5.82 Å². The maximum Gasteiger partial charge on any atom is 0.167 e. The fourth-order valence-corrected chi connectivity index (χ4v) is 1.58. The second kappa shape index (κ2) is 3.85. The van der Waals surface area contributed by atoms with Crippen molar-refractivity contribution in [2.45, 2.75) is 19.8 Å². The van der Waals surface area contributed by atoms with Crippen LogP contribution in [0.1, 0.15) is 19.8 Å². The number of anilines is 2. The van der Waals surface area contributed by atoms with Crippen LogP contribution in [0.3, 0.4) is 0 Å². The molecule has 0 bridgehead atoms. The van der Waals surface area contributed by atoms with Crippen molar-refractivity contribution in [1.82, 2.24) is 0 Å². The van der Waals surface area contributed by atoms with E-state index in [0.29, 0.717) is 11.1 Å². The zero-order valence-corrected chi connectivity index (χ0v) is 9.64. The Morgan fingerprint density at radius 3 is 2.75 bits per heavy atom. The first-order valence-electron chi connectivity index (χ1n) is 5.41.